The summed E-state index contributed by atoms with van der Waals surface area (Å²) in [5.74, 6) is -0.171. The second kappa shape index (κ2) is 5.28. The molecule has 0 aliphatic rings. The highest BCUT2D eigenvalue weighted by Gasteiger charge is 2.30. The number of aromatic amines is 1. The Morgan fingerprint density at radius 3 is 2.75 bits per heavy atom. The molecule has 108 valence electrons. The summed E-state index contributed by atoms with van der Waals surface area (Å²) in [6.45, 7) is 2.14. The molecular weight excluding hydrogens is 291 g/mol. The number of hydrogen-bond donors (Lipinski definition) is 2. The first-order valence-electron chi connectivity index (χ1n) is 5.83. The number of amides is 1. The molecule has 2 rings (SSSR count). The van der Waals surface area contributed by atoms with Gasteiger partial charge in [0.2, 0.25) is 5.91 Å². The van der Waals surface area contributed by atoms with Crippen molar-refractivity contribution in [1.29, 1.82) is 0 Å². The van der Waals surface area contributed by atoms with Gasteiger partial charge < -0.3 is 14.9 Å². The van der Waals surface area contributed by atoms with Crippen molar-refractivity contribution >= 4 is 29.2 Å². The monoisotopic (exact) mass is 303 g/mol. The van der Waals surface area contributed by atoms with E-state index in [1.54, 1.807) is 4.57 Å². The largest absolute Gasteiger partial charge is 0.416 e. The highest BCUT2D eigenvalue weighted by Crippen LogP contribution is 2.31. The molecule has 1 aromatic heterocycles. The van der Waals surface area contributed by atoms with Gasteiger partial charge >= 0.3 is 6.18 Å². The lowest BCUT2D eigenvalue weighted by molar-refractivity contribution is -0.137. The van der Waals surface area contributed by atoms with Crippen LogP contribution in [-0.4, -0.2) is 22.0 Å². The molecule has 0 aliphatic heterocycles. The topological polar surface area (TPSA) is 49.8 Å². The maximum Gasteiger partial charge on any atom is 0.416 e. The number of fused-ring (bicyclic) bond motifs is 1. The summed E-state index contributed by atoms with van der Waals surface area (Å²) in [4.78, 5) is 13.5. The van der Waals surface area contributed by atoms with Crippen LogP contribution in [0.25, 0.3) is 11.0 Å². The number of nitrogens with one attached hydrogen (secondary N) is 2. The number of carbonyl (C=O) groups is 1. The van der Waals surface area contributed by atoms with Crippen LogP contribution in [0.2, 0.25) is 0 Å². The third-order valence-corrected chi connectivity index (χ3v) is 3.13. The number of benzene rings is 1. The van der Waals surface area contributed by atoms with Crippen molar-refractivity contribution in [2.45, 2.75) is 19.6 Å². The number of aromatic nitrogens is 2. The van der Waals surface area contributed by atoms with Gasteiger partial charge in [0.1, 0.15) is 0 Å². The number of alkyl halides is 3. The van der Waals surface area contributed by atoms with E-state index in [9.17, 15) is 18.0 Å². The van der Waals surface area contributed by atoms with Crippen molar-refractivity contribution in [3.63, 3.8) is 0 Å². The first-order chi connectivity index (χ1) is 9.29. The van der Waals surface area contributed by atoms with Gasteiger partial charge in [-0.1, -0.05) is 0 Å². The molecule has 0 unspecified atom stereocenters. The molecule has 0 saturated carbocycles. The van der Waals surface area contributed by atoms with E-state index in [-0.39, 0.29) is 5.91 Å². The van der Waals surface area contributed by atoms with Crippen LogP contribution in [-0.2, 0) is 17.5 Å². The highest BCUT2D eigenvalue weighted by atomic mass is 32.1. The van der Waals surface area contributed by atoms with Crippen molar-refractivity contribution in [2.24, 2.45) is 0 Å². The van der Waals surface area contributed by atoms with E-state index in [2.05, 4.69) is 10.3 Å². The lowest BCUT2D eigenvalue weighted by Crippen LogP contribution is -2.24. The first kappa shape index (κ1) is 14.6. The Labute approximate surface area is 117 Å². The van der Waals surface area contributed by atoms with Crippen molar-refractivity contribution in [3.8, 4) is 0 Å². The van der Waals surface area contributed by atoms with E-state index in [1.165, 1.54) is 13.0 Å². The molecule has 0 fully saturated rings. The zero-order chi connectivity index (χ0) is 14.9. The number of H-pyrrole nitrogens is 1. The van der Waals surface area contributed by atoms with E-state index in [1.807, 2.05) is 0 Å². The van der Waals surface area contributed by atoms with Crippen LogP contribution in [0, 0.1) is 4.77 Å². The molecule has 8 heteroatoms. The average Bonchev–Trinajstić information content (AvgIpc) is 2.63. The fourth-order valence-corrected chi connectivity index (χ4v) is 2.21. The number of rotatable bonds is 3. The lowest BCUT2D eigenvalue weighted by Gasteiger charge is -2.07. The number of halogens is 3. The maximum atomic E-state index is 12.6. The molecule has 2 aromatic rings. The van der Waals surface area contributed by atoms with Gasteiger partial charge in [0.05, 0.1) is 16.6 Å². The van der Waals surface area contributed by atoms with E-state index >= 15 is 0 Å². The van der Waals surface area contributed by atoms with Gasteiger partial charge in [-0.3, -0.25) is 4.79 Å². The van der Waals surface area contributed by atoms with Gasteiger partial charge in [0.25, 0.3) is 0 Å². The molecule has 1 heterocycles. The van der Waals surface area contributed by atoms with E-state index in [0.717, 1.165) is 12.1 Å². The highest BCUT2D eigenvalue weighted by molar-refractivity contribution is 7.71. The van der Waals surface area contributed by atoms with E-state index in [0.29, 0.717) is 28.9 Å². The Kier molecular flexibility index (Phi) is 3.85. The predicted molar refractivity (Wildman–Crippen MR) is 70.8 cm³/mol. The number of hydrogen-bond acceptors (Lipinski definition) is 2. The van der Waals surface area contributed by atoms with Crippen LogP contribution in [0.5, 0.6) is 0 Å². The van der Waals surface area contributed by atoms with Crippen LogP contribution in [0.15, 0.2) is 18.2 Å². The van der Waals surface area contributed by atoms with Gasteiger partial charge in [-0.05, 0) is 30.4 Å². The molecule has 0 atom stereocenters. The van der Waals surface area contributed by atoms with Crippen LogP contribution < -0.4 is 5.32 Å². The summed E-state index contributed by atoms with van der Waals surface area (Å²) >= 11 is 5.08. The first-order valence-corrected chi connectivity index (χ1v) is 6.24. The molecule has 0 saturated heterocycles. The number of nitrogens with zero attached hydrogens (tertiary/aromatic N) is 1. The molecule has 0 spiro atoms. The lowest BCUT2D eigenvalue weighted by atomic mass is 10.2. The molecule has 2 N–H and O–H groups in total. The molecule has 20 heavy (non-hydrogen) atoms. The van der Waals surface area contributed by atoms with Crippen molar-refractivity contribution in [1.82, 2.24) is 14.9 Å². The summed E-state index contributed by atoms with van der Waals surface area (Å²) in [5.41, 5.74) is 0.177. The number of imidazole rings is 1. The third kappa shape index (κ3) is 3.01. The fraction of sp³-hybridized carbons (Fsp3) is 0.333. The Morgan fingerprint density at radius 2 is 2.15 bits per heavy atom. The minimum absolute atomic E-state index is 0.171. The summed E-state index contributed by atoms with van der Waals surface area (Å²) in [6, 6.07) is 3.41. The van der Waals surface area contributed by atoms with E-state index in [4.69, 9.17) is 12.2 Å². The molecule has 0 bridgehead atoms. The zero-order valence-electron chi connectivity index (χ0n) is 10.5. The second-order valence-electron chi connectivity index (χ2n) is 4.29. The predicted octanol–water partition coefficient (Wildman–Crippen LogP) is 2.85. The van der Waals surface area contributed by atoms with Crippen LogP contribution in [0.3, 0.4) is 0 Å². The van der Waals surface area contributed by atoms with Crippen LogP contribution >= 0.6 is 12.2 Å². The third-order valence-electron chi connectivity index (χ3n) is 2.81. The van der Waals surface area contributed by atoms with Gasteiger partial charge in [-0.25, -0.2) is 0 Å². The molecule has 4 nitrogen and oxygen atoms in total. The maximum absolute atomic E-state index is 12.6. The quantitative estimate of drug-likeness (QED) is 0.857. The summed E-state index contributed by atoms with van der Waals surface area (Å²) < 4.78 is 39.8. The fourth-order valence-electron chi connectivity index (χ4n) is 1.91. The number of carbonyl (C=O) groups excluding carboxylic acids is 1. The van der Waals surface area contributed by atoms with Gasteiger partial charge in [-0.15, -0.1) is 0 Å². The second-order valence-corrected chi connectivity index (χ2v) is 4.68. The molecule has 0 aliphatic carbocycles. The molecule has 0 radical (unpaired) electrons. The zero-order valence-corrected chi connectivity index (χ0v) is 11.4. The summed E-state index contributed by atoms with van der Waals surface area (Å²) in [5, 5.41) is 2.61. The Hall–Kier alpha value is -1.83. The SMILES string of the molecule is CC(=O)NCCn1c(=S)[nH]c2cc(C(F)(F)F)ccc21. The molecule has 1 aromatic carbocycles. The van der Waals surface area contributed by atoms with Crippen molar-refractivity contribution < 1.29 is 18.0 Å². The smallest absolute Gasteiger partial charge is 0.355 e. The Morgan fingerprint density at radius 1 is 1.45 bits per heavy atom. The van der Waals surface area contributed by atoms with Crippen LogP contribution in [0.1, 0.15) is 12.5 Å². The minimum Gasteiger partial charge on any atom is -0.355 e. The van der Waals surface area contributed by atoms with Crippen molar-refractivity contribution in [2.75, 3.05) is 6.54 Å². The van der Waals surface area contributed by atoms with Gasteiger partial charge in [0, 0.05) is 20.0 Å². The molecule has 1 amide bonds. The summed E-state index contributed by atoms with van der Waals surface area (Å²) in [6.07, 6.45) is -4.39. The van der Waals surface area contributed by atoms with Crippen LogP contribution in [0.4, 0.5) is 13.2 Å². The Balaban J connectivity index is 2.35. The normalized spacial score (nSPS) is 11.8. The Bertz CT molecular complexity index is 702. The molecular formula is C12H12F3N3OS. The van der Waals surface area contributed by atoms with Crippen molar-refractivity contribution in [3.05, 3.63) is 28.5 Å². The van der Waals surface area contributed by atoms with E-state index < -0.39 is 11.7 Å². The van der Waals surface area contributed by atoms with Gasteiger partial charge in [-0.2, -0.15) is 13.2 Å². The summed E-state index contributed by atoms with van der Waals surface area (Å²) in [7, 11) is 0. The average molecular weight is 303 g/mol. The standard InChI is InChI=1S/C12H12F3N3OS/c1-7(19)16-4-5-18-10-3-2-8(12(13,14)15)6-9(10)17-11(18)20/h2-3,6H,4-5H2,1H3,(H,16,19)(H,17,20). The van der Waals surface area contributed by atoms with Gasteiger partial charge in [0.15, 0.2) is 4.77 Å². The minimum atomic E-state index is -4.39.